The zero-order valence-corrected chi connectivity index (χ0v) is 10.6. The second kappa shape index (κ2) is 7.06. The first-order chi connectivity index (χ1) is 8.13. The van der Waals surface area contributed by atoms with Gasteiger partial charge in [-0.1, -0.05) is 19.4 Å². The van der Waals surface area contributed by atoms with E-state index in [0.29, 0.717) is 19.3 Å². The van der Waals surface area contributed by atoms with E-state index in [4.69, 9.17) is 5.11 Å². The van der Waals surface area contributed by atoms with Crippen molar-refractivity contribution in [2.24, 2.45) is 0 Å². The highest BCUT2D eigenvalue weighted by Gasteiger charge is 2.18. The van der Waals surface area contributed by atoms with E-state index in [2.05, 4.69) is 5.32 Å². The number of amides is 1. The Bertz CT molecular complexity index is 362. The number of hydrogen-bond donors (Lipinski definition) is 2. The molecule has 1 amide bonds. The fraction of sp³-hybridized carbons (Fsp3) is 0.500. The summed E-state index contributed by atoms with van der Waals surface area (Å²) in [5.41, 5.74) is 0. The molecule has 0 aromatic carbocycles. The number of carboxylic acid groups (broad SMARTS) is 1. The second-order valence-electron chi connectivity index (χ2n) is 3.83. The smallest absolute Gasteiger partial charge is 0.326 e. The molecule has 17 heavy (non-hydrogen) atoms. The van der Waals surface area contributed by atoms with E-state index < -0.39 is 12.0 Å². The Hall–Kier alpha value is -1.36. The number of thiophene rings is 1. The van der Waals surface area contributed by atoms with Crippen LogP contribution >= 0.6 is 11.3 Å². The molecule has 0 spiro atoms. The van der Waals surface area contributed by atoms with Crippen LogP contribution in [0.1, 0.15) is 31.1 Å². The van der Waals surface area contributed by atoms with E-state index in [1.54, 1.807) is 11.3 Å². The Morgan fingerprint density at radius 3 is 2.82 bits per heavy atom. The lowest BCUT2D eigenvalue weighted by Crippen LogP contribution is -2.40. The van der Waals surface area contributed by atoms with Crippen LogP contribution in [0.2, 0.25) is 0 Å². The molecule has 1 heterocycles. The van der Waals surface area contributed by atoms with Gasteiger partial charge in [0, 0.05) is 11.3 Å². The number of rotatable bonds is 7. The number of aryl methyl sites for hydroxylation is 1. The van der Waals surface area contributed by atoms with Gasteiger partial charge >= 0.3 is 5.97 Å². The van der Waals surface area contributed by atoms with Crippen LogP contribution in [0.5, 0.6) is 0 Å². The van der Waals surface area contributed by atoms with E-state index in [1.165, 1.54) is 0 Å². The lowest BCUT2D eigenvalue weighted by Gasteiger charge is -2.13. The first-order valence-corrected chi connectivity index (χ1v) is 6.56. The summed E-state index contributed by atoms with van der Waals surface area (Å²) in [6, 6.07) is 3.16. The van der Waals surface area contributed by atoms with Crippen LogP contribution in [0.15, 0.2) is 17.5 Å². The van der Waals surface area contributed by atoms with Crippen LogP contribution in [0, 0.1) is 0 Å². The van der Waals surface area contributed by atoms with Crippen molar-refractivity contribution >= 4 is 23.2 Å². The fourth-order valence-electron chi connectivity index (χ4n) is 1.50. The molecule has 0 unspecified atom stereocenters. The number of aliphatic carboxylic acids is 1. The molecule has 0 bridgehead atoms. The normalized spacial score (nSPS) is 12.1. The van der Waals surface area contributed by atoms with Crippen molar-refractivity contribution < 1.29 is 14.7 Å². The molecule has 1 aromatic heterocycles. The van der Waals surface area contributed by atoms with E-state index in [-0.39, 0.29) is 5.91 Å². The van der Waals surface area contributed by atoms with Gasteiger partial charge in [0.25, 0.3) is 0 Å². The SMILES string of the molecule is CCC[C@@H](NC(=O)CCc1cccs1)C(=O)O. The maximum absolute atomic E-state index is 11.6. The van der Waals surface area contributed by atoms with Gasteiger partial charge in [0.1, 0.15) is 6.04 Å². The largest absolute Gasteiger partial charge is 0.480 e. The molecule has 5 heteroatoms. The minimum absolute atomic E-state index is 0.195. The molecule has 1 atom stereocenters. The summed E-state index contributed by atoms with van der Waals surface area (Å²) in [5, 5.41) is 13.4. The Balaban J connectivity index is 2.34. The van der Waals surface area contributed by atoms with Gasteiger partial charge in [0.2, 0.25) is 5.91 Å². The minimum Gasteiger partial charge on any atom is -0.480 e. The summed E-state index contributed by atoms with van der Waals surface area (Å²) in [7, 11) is 0. The van der Waals surface area contributed by atoms with E-state index in [1.807, 2.05) is 24.4 Å². The molecule has 1 rings (SSSR count). The standard InChI is InChI=1S/C12H17NO3S/c1-2-4-10(12(15)16)13-11(14)7-6-9-5-3-8-17-9/h3,5,8,10H,2,4,6-7H2,1H3,(H,13,14)(H,15,16)/t10-/m1/s1. The van der Waals surface area contributed by atoms with E-state index in [0.717, 1.165) is 11.3 Å². The van der Waals surface area contributed by atoms with Gasteiger partial charge in [-0.3, -0.25) is 4.79 Å². The van der Waals surface area contributed by atoms with Gasteiger partial charge in [-0.25, -0.2) is 4.79 Å². The summed E-state index contributed by atoms with van der Waals surface area (Å²) >= 11 is 1.60. The van der Waals surface area contributed by atoms with Crippen molar-refractivity contribution in [1.29, 1.82) is 0 Å². The quantitative estimate of drug-likeness (QED) is 0.783. The Morgan fingerprint density at radius 1 is 1.53 bits per heavy atom. The van der Waals surface area contributed by atoms with Gasteiger partial charge in [-0.15, -0.1) is 11.3 Å². The first kappa shape index (κ1) is 13.7. The minimum atomic E-state index is -0.962. The van der Waals surface area contributed by atoms with E-state index >= 15 is 0 Å². The molecule has 0 aliphatic rings. The fourth-order valence-corrected chi connectivity index (χ4v) is 2.21. The maximum Gasteiger partial charge on any atom is 0.326 e. The van der Waals surface area contributed by atoms with Crippen LogP contribution in [-0.4, -0.2) is 23.0 Å². The highest BCUT2D eigenvalue weighted by atomic mass is 32.1. The van der Waals surface area contributed by atoms with Crippen LogP contribution in [0.4, 0.5) is 0 Å². The van der Waals surface area contributed by atoms with Crippen molar-refractivity contribution in [2.45, 2.75) is 38.6 Å². The van der Waals surface area contributed by atoms with Crippen molar-refractivity contribution in [2.75, 3.05) is 0 Å². The average Bonchev–Trinajstić information content (AvgIpc) is 2.78. The molecular weight excluding hydrogens is 238 g/mol. The predicted molar refractivity (Wildman–Crippen MR) is 67.1 cm³/mol. The highest BCUT2D eigenvalue weighted by molar-refractivity contribution is 7.09. The number of nitrogens with one attached hydrogen (secondary N) is 1. The monoisotopic (exact) mass is 255 g/mol. The maximum atomic E-state index is 11.6. The lowest BCUT2D eigenvalue weighted by molar-refractivity contribution is -0.142. The molecule has 0 fully saturated rings. The van der Waals surface area contributed by atoms with Gasteiger partial charge < -0.3 is 10.4 Å². The van der Waals surface area contributed by atoms with Crippen LogP contribution in [-0.2, 0) is 16.0 Å². The molecule has 94 valence electrons. The first-order valence-electron chi connectivity index (χ1n) is 5.68. The Kier molecular flexibility index (Phi) is 5.69. The molecular formula is C12H17NO3S. The van der Waals surface area contributed by atoms with Crippen LogP contribution < -0.4 is 5.32 Å². The van der Waals surface area contributed by atoms with Crippen LogP contribution in [0.3, 0.4) is 0 Å². The Morgan fingerprint density at radius 2 is 2.29 bits per heavy atom. The third-order valence-electron chi connectivity index (χ3n) is 2.39. The highest BCUT2D eigenvalue weighted by Crippen LogP contribution is 2.10. The summed E-state index contributed by atoms with van der Waals surface area (Å²) in [6.07, 6.45) is 2.22. The summed E-state index contributed by atoms with van der Waals surface area (Å²) in [5.74, 6) is -1.16. The van der Waals surface area contributed by atoms with Crippen LogP contribution in [0.25, 0.3) is 0 Å². The van der Waals surface area contributed by atoms with Crippen molar-refractivity contribution in [3.05, 3.63) is 22.4 Å². The van der Waals surface area contributed by atoms with Crippen molar-refractivity contribution in [1.82, 2.24) is 5.32 Å². The number of carbonyl (C=O) groups is 2. The third-order valence-corrected chi connectivity index (χ3v) is 3.33. The molecule has 2 N–H and O–H groups in total. The number of carboxylic acids is 1. The van der Waals surface area contributed by atoms with Crippen molar-refractivity contribution in [3.63, 3.8) is 0 Å². The zero-order valence-electron chi connectivity index (χ0n) is 9.81. The topological polar surface area (TPSA) is 66.4 Å². The molecule has 0 aliphatic heterocycles. The zero-order chi connectivity index (χ0) is 12.7. The van der Waals surface area contributed by atoms with Gasteiger partial charge in [0.15, 0.2) is 0 Å². The lowest BCUT2D eigenvalue weighted by atomic mass is 10.1. The second-order valence-corrected chi connectivity index (χ2v) is 4.86. The molecule has 4 nitrogen and oxygen atoms in total. The molecule has 1 aromatic rings. The molecule has 0 aliphatic carbocycles. The average molecular weight is 255 g/mol. The number of hydrogen-bond acceptors (Lipinski definition) is 3. The van der Waals surface area contributed by atoms with E-state index in [9.17, 15) is 9.59 Å². The predicted octanol–water partition coefficient (Wildman–Crippen LogP) is 2.05. The van der Waals surface area contributed by atoms with Crippen molar-refractivity contribution in [3.8, 4) is 0 Å². The third kappa shape index (κ3) is 4.99. The summed E-state index contributed by atoms with van der Waals surface area (Å²) in [4.78, 5) is 23.5. The Labute approximate surface area is 105 Å². The molecule has 0 saturated carbocycles. The van der Waals surface area contributed by atoms with Gasteiger partial charge in [-0.2, -0.15) is 0 Å². The summed E-state index contributed by atoms with van der Waals surface area (Å²) < 4.78 is 0. The van der Waals surface area contributed by atoms with Gasteiger partial charge in [-0.05, 0) is 24.3 Å². The summed E-state index contributed by atoms with van der Waals surface area (Å²) in [6.45, 7) is 1.90. The van der Waals surface area contributed by atoms with Gasteiger partial charge in [0.05, 0.1) is 0 Å². The molecule has 0 radical (unpaired) electrons. The molecule has 0 saturated heterocycles. The number of carbonyl (C=O) groups excluding carboxylic acids is 1.